The second kappa shape index (κ2) is 8.12. The number of hydrogen-bond donors (Lipinski definition) is 2. The van der Waals surface area contributed by atoms with E-state index in [1.807, 2.05) is 32.2 Å². The zero-order valence-corrected chi connectivity index (χ0v) is 13.3. The molecule has 0 saturated heterocycles. The predicted molar refractivity (Wildman–Crippen MR) is 82.2 cm³/mol. The van der Waals surface area contributed by atoms with E-state index in [-0.39, 0.29) is 18.6 Å². The van der Waals surface area contributed by atoms with Crippen LogP contribution in [0.1, 0.15) is 26.3 Å². The van der Waals surface area contributed by atoms with Crippen molar-refractivity contribution < 1.29 is 9.53 Å². The molecular weight excluding hydrogens is 276 g/mol. The molecule has 1 aromatic rings. The molecule has 0 saturated carbocycles. The van der Waals surface area contributed by atoms with Crippen molar-refractivity contribution >= 4 is 17.5 Å². The van der Waals surface area contributed by atoms with Gasteiger partial charge < -0.3 is 15.4 Å². The van der Waals surface area contributed by atoms with Gasteiger partial charge in [-0.15, -0.1) is 0 Å². The minimum Gasteiger partial charge on any atom is -0.483 e. The summed E-state index contributed by atoms with van der Waals surface area (Å²) in [7, 11) is 1.84. The molecule has 1 unspecified atom stereocenters. The molecule has 20 heavy (non-hydrogen) atoms. The van der Waals surface area contributed by atoms with Gasteiger partial charge in [-0.1, -0.05) is 31.5 Å². The molecule has 1 atom stereocenters. The zero-order valence-electron chi connectivity index (χ0n) is 12.5. The fraction of sp³-hybridized carbons (Fsp3) is 0.533. The number of carbonyl (C=O) groups is 1. The van der Waals surface area contributed by atoms with Gasteiger partial charge in [-0.25, -0.2) is 0 Å². The summed E-state index contributed by atoms with van der Waals surface area (Å²) in [5.41, 5.74) is 0.862. The van der Waals surface area contributed by atoms with Gasteiger partial charge in [-0.2, -0.15) is 0 Å². The highest BCUT2D eigenvalue weighted by molar-refractivity contribution is 6.31. The van der Waals surface area contributed by atoms with E-state index in [1.165, 1.54) is 0 Å². The molecule has 1 aromatic carbocycles. The van der Waals surface area contributed by atoms with Gasteiger partial charge in [0.25, 0.3) is 5.91 Å². The van der Waals surface area contributed by atoms with Crippen molar-refractivity contribution in [2.45, 2.75) is 33.4 Å². The number of carbonyl (C=O) groups excluding carboxylic acids is 1. The second-order valence-electron chi connectivity index (χ2n) is 5.14. The lowest BCUT2D eigenvalue weighted by molar-refractivity contribution is -0.124. The van der Waals surface area contributed by atoms with Crippen LogP contribution in [0.4, 0.5) is 0 Å². The van der Waals surface area contributed by atoms with Crippen molar-refractivity contribution in [1.82, 2.24) is 10.6 Å². The molecule has 2 N–H and O–H groups in total. The van der Waals surface area contributed by atoms with E-state index in [9.17, 15) is 4.79 Å². The Morgan fingerprint density at radius 1 is 1.35 bits per heavy atom. The Labute approximate surface area is 125 Å². The first kappa shape index (κ1) is 16.8. The average Bonchev–Trinajstić information content (AvgIpc) is 2.39. The Morgan fingerprint density at radius 3 is 2.65 bits per heavy atom. The number of amides is 1. The van der Waals surface area contributed by atoms with E-state index in [0.717, 1.165) is 5.56 Å². The molecule has 4 nitrogen and oxygen atoms in total. The molecule has 1 rings (SSSR count). The fourth-order valence-corrected chi connectivity index (χ4v) is 1.86. The van der Waals surface area contributed by atoms with Crippen LogP contribution in [-0.4, -0.2) is 25.6 Å². The topological polar surface area (TPSA) is 50.4 Å². The van der Waals surface area contributed by atoms with Crippen LogP contribution in [-0.2, 0) is 11.3 Å². The third-order valence-electron chi connectivity index (χ3n) is 3.18. The van der Waals surface area contributed by atoms with Gasteiger partial charge in [0.1, 0.15) is 5.75 Å². The molecule has 0 aliphatic heterocycles. The minimum absolute atomic E-state index is 0.00584. The summed E-state index contributed by atoms with van der Waals surface area (Å²) >= 11 is 6.13. The van der Waals surface area contributed by atoms with Gasteiger partial charge in [0.2, 0.25) is 0 Å². The van der Waals surface area contributed by atoms with Crippen molar-refractivity contribution in [3.8, 4) is 5.75 Å². The summed E-state index contributed by atoms with van der Waals surface area (Å²) < 4.78 is 5.58. The van der Waals surface area contributed by atoms with Crippen LogP contribution in [0.2, 0.25) is 5.02 Å². The number of benzene rings is 1. The summed E-state index contributed by atoms with van der Waals surface area (Å²) in [6.45, 7) is 6.70. The Balaban J connectivity index is 2.61. The Bertz CT molecular complexity index is 449. The quantitative estimate of drug-likeness (QED) is 0.813. The Morgan fingerprint density at radius 2 is 2.05 bits per heavy atom. The number of rotatable bonds is 7. The lowest BCUT2D eigenvalue weighted by Gasteiger charge is -2.18. The molecule has 0 aliphatic carbocycles. The molecule has 0 aliphatic rings. The molecule has 0 bridgehead atoms. The van der Waals surface area contributed by atoms with Crippen LogP contribution in [0.3, 0.4) is 0 Å². The Kier molecular flexibility index (Phi) is 6.82. The normalized spacial score (nSPS) is 12.3. The predicted octanol–water partition coefficient (Wildman–Crippen LogP) is 2.60. The number of nitrogens with one attached hydrogen (secondary N) is 2. The van der Waals surface area contributed by atoms with Gasteiger partial charge in [0.05, 0.1) is 0 Å². The maximum atomic E-state index is 11.8. The van der Waals surface area contributed by atoms with Gasteiger partial charge in [0, 0.05) is 23.2 Å². The molecule has 5 heteroatoms. The summed E-state index contributed by atoms with van der Waals surface area (Å²) in [6, 6.07) is 5.56. The smallest absolute Gasteiger partial charge is 0.258 e. The lowest BCUT2D eigenvalue weighted by atomic mass is 10.1. The molecule has 0 radical (unpaired) electrons. The maximum absolute atomic E-state index is 11.8. The summed E-state index contributed by atoms with van der Waals surface area (Å²) in [4.78, 5) is 11.8. The van der Waals surface area contributed by atoms with Crippen LogP contribution >= 0.6 is 11.6 Å². The van der Waals surface area contributed by atoms with Crippen molar-refractivity contribution in [2.75, 3.05) is 13.7 Å². The fourth-order valence-electron chi connectivity index (χ4n) is 1.63. The first-order valence-electron chi connectivity index (χ1n) is 6.79. The van der Waals surface area contributed by atoms with Gasteiger partial charge in [-0.05, 0) is 32.0 Å². The molecule has 0 fully saturated rings. The summed E-state index contributed by atoms with van der Waals surface area (Å²) in [5.74, 6) is 0.908. The van der Waals surface area contributed by atoms with Crippen LogP contribution in [0, 0.1) is 5.92 Å². The number of ether oxygens (including phenoxy) is 1. The summed E-state index contributed by atoms with van der Waals surface area (Å²) in [5, 5.41) is 6.57. The van der Waals surface area contributed by atoms with E-state index in [0.29, 0.717) is 23.2 Å². The molecular formula is C15H23ClN2O2. The SMILES string of the molecule is CNCc1c(Cl)cccc1OCC(=O)NC(C)C(C)C. The number of hydrogen-bond acceptors (Lipinski definition) is 3. The average molecular weight is 299 g/mol. The van der Waals surface area contributed by atoms with E-state index < -0.39 is 0 Å². The summed E-state index contributed by atoms with van der Waals surface area (Å²) in [6.07, 6.45) is 0. The highest BCUT2D eigenvalue weighted by Gasteiger charge is 2.13. The van der Waals surface area contributed by atoms with E-state index in [4.69, 9.17) is 16.3 Å². The Hall–Kier alpha value is -1.26. The zero-order chi connectivity index (χ0) is 15.1. The van der Waals surface area contributed by atoms with Crippen molar-refractivity contribution in [3.63, 3.8) is 0 Å². The van der Waals surface area contributed by atoms with Crippen LogP contribution < -0.4 is 15.4 Å². The highest BCUT2D eigenvalue weighted by Crippen LogP contribution is 2.26. The lowest BCUT2D eigenvalue weighted by Crippen LogP contribution is -2.39. The first-order valence-corrected chi connectivity index (χ1v) is 7.17. The first-order chi connectivity index (χ1) is 9.45. The minimum atomic E-state index is -0.124. The molecule has 112 valence electrons. The molecule has 0 heterocycles. The van der Waals surface area contributed by atoms with E-state index in [1.54, 1.807) is 0 Å². The standard InChI is InChI=1S/C15H23ClN2O2/c1-10(2)11(3)18-15(19)9-20-14-7-5-6-13(16)12(14)8-17-4/h5-7,10-11,17H,8-9H2,1-4H3,(H,18,19). The van der Waals surface area contributed by atoms with E-state index in [2.05, 4.69) is 24.5 Å². The van der Waals surface area contributed by atoms with E-state index >= 15 is 0 Å². The van der Waals surface area contributed by atoms with Crippen molar-refractivity contribution in [2.24, 2.45) is 5.92 Å². The van der Waals surface area contributed by atoms with Crippen LogP contribution in [0.25, 0.3) is 0 Å². The van der Waals surface area contributed by atoms with Gasteiger partial charge in [-0.3, -0.25) is 4.79 Å². The molecule has 0 spiro atoms. The van der Waals surface area contributed by atoms with Gasteiger partial charge in [0.15, 0.2) is 6.61 Å². The third kappa shape index (κ3) is 5.02. The van der Waals surface area contributed by atoms with Gasteiger partial charge >= 0.3 is 0 Å². The largest absolute Gasteiger partial charge is 0.483 e. The van der Waals surface area contributed by atoms with Crippen LogP contribution in [0.15, 0.2) is 18.2 Å². The van der Waals surface area contributed by atoms with Crippen LogP contribution in [0.5, 0.6) is 5.75 Å². The van der Waals surface area contributed by atoms with Crippen molar-refractivity contribution in [3.05, 3.63) is 28.8 Å². The molecule has 1 amide bonds. The highest BCUT2D eigenvalue weighted by atomic mass is 35.5. The maximum Gasteiger partial charge on any atom is 0.258 e. The monoisotopic (exact) mass is 298 g/mol. The third-order valence-corrected chi connectivity index (χ3v) is 3.53. The molecule has 0 aromatic heterocycles. The second-order valence-corrected chi connectivity index (χ2v) is 5.54. The van der Waals surface area contributed by atoms with Crippen molar-refractivity contribution in [1.29, 1.82) is 0 Å². The number of halogens is 1.